The molecule has 0 spiro atoms. The first kappa shape index (κ1) is 16.2. The van der Waals surface area contributed by atoms with Gasteiger partial charge in [-0.1, -0.05) is 30.0 Å². The summed E-state index contributed by atoms with van der Waals surface area (Å²) in [5.41, 5.74) is 0.0936. The average Bonchev–Trinajstić information content (AvgIpc) is 2.99. The molecule has 0 atom stereocenters. The molecular weight excluding hydrogens is 350 g/mol. The highest BCUT2D eigenvalue weighted by molar-refractivity contribution is 7.99. The van der Waals surface area contributed by atoms with Crippen molar-refractivity contribution in [3.63, 3.8) is 0 Å². The molecule has 1 amide bonds. The fourth-order valence-corrected chi connectivity index (χ4v) is 3.64. The molecule has 3 rings (SSSR count). The lowest BCUT2D eigenvalue weighted by Gasteiger charge is -2.04. The molecule has 0 aliphatic heterocycles. The van der Waals surface area contributed by atoms with Gasteiger partial charge >= 0.3 is 5.97 Å². The minimum Gasteiger partial charge on any atom is -0.478 e. The Balaban J connectivity index is 1.73. The molecule has 7 nitrogen and oxygen atoms in total. The van der Waals surface area contributed by atoms with Gasteiger partial charge in [-0.15, -0.1) is 11.3 Å². The standard InChI is InChI=1S/C15H11N3O4S2/c19-10(16-8-4-2-1-3-5-8)7-24-15-17-12(20)11-9(14(21)22)6-23-13(11)18-15/h1-6H,7H2,(H,16,19)(H,21,22)(H,17,18,20). The number of carbonyl (C=O) groups is 2. The van der Waals surface area contributed by atoms with Crippen LogP contribution in [0.15, 0.2) is 45.7 Å². The van der Waals surface area contributed by atoms with Crippen molar-refractivity contribution >= 4 is 50.9 Å². The van der Waals surface area contributed by atoms with E-state index in [2.05, 4.69) is 15.3 Å². The second-order valence-corrected chi connectivity index (χ2v) is 6.53. The third-order valence-corrected chi connectivity index (χ3v) is 4.80. The van der Waals surface area contributed by atoms with Crippen molar-refractivity contribution < 1.29 is 14.7 Å². The van der Waals surface area contributed by atoms with Gasteiger partial charge in [-0.25, -0.2) is 9.78 Å². The molecule has 0 aliphatic rings. The molecular formula is C15H11N3O4S2. The van der Waals surface area contributed by atoms with Gasteiger partial charge in [0.05, 0.1) is 16.7 Å². The number of anilines is 1. The molecule has 3 N–H and O–H groups in total. The number of carbonyl (C=O) groups excluding carboxylic acids is 1. The first-order chi connectivity index (χ1) is 11.5. The quantitative estimate of drug-likeness (QED) is 0.475. The highest BCUT2D eigenvalue weighted by Crippen LogP contribution is 2.23. The number of thioether (sulfide) groups is 1. The molecule has 2 aromatic heterocycles. The van der Waals surface area contributed by atoms with Crippen LogP contribution in [0.1, 0.15) is 10.4 Å². The van der Waals surface area contributed by atoms with Crippen LogP contribution in [-0.2, 0) is 4.79 Å². The monoisotopic (exact) mass is 361 g/mol. The van der Waals surface area contributed by atoms with E-state index in [-0.39, 0.29) is 27.8 Å². The number of H-pyrrole nitrogens is 1. The average molecular weight is 361 g/mol. The minimum atomic E-state index is -1.17. The van der Waals surface area contributed by atoms with Crippen molar-refractivity contribution in [2.45, 2.75) is 5.16 Å². The maximum absolute atomic E-state index is 12.1. The van der Waals surface area contributed by atoms with Gasteiger partial charge in [0, 0.05) is 11.1 Å². The molecule has 0 radical (unpaired) electrons. The Kier molecular flexibility index (Phi) is 4.63. The molecule has 122 valence electrons. The normalized spacial score (nSPS) is 10.7. The molecule has 0 unspecified atom stereocenters. The summed E-state index contributed by atoms with van der Waals surface area (Å²) >= 11 is 2.16. The van der Waals surface area contributed by atoms with Crippen LogP contribution < -0.4 is 10.9 Å². The van der Waals surface area contributed by atoms with Crippen LogP contribution in [0.4, 0.5) is 5.69 Å². The van der Waals surface area contributed by atoms with Gasteiger partial charge < -0.3 is 15.4 Å². The van der Waals surface area contributed by atoms with Crippen LogP contribution in [0.5, 0.6) is 0 Å². The largest absolute Gasteiger partial charge is 0.478 e. The Bertz CT molecular complexity index is 966. The topological polar surface area (TPSA) is 112 Å². The van der Waals surface area contributed by atoms with Gasteiger partial charge in [-0.05, 0) is 12.1 Å². The van der Waals surface area contributed by atoms with Crippen molar-refractivity contribution in [1.82, 2.24) is 9.97 Å². The summed E-state index contributed by atoms with van der Waals surface area (Å²) in [4.78, 5) is 42.1. The second-order valence-electron chi connectivity index (χ2n) is 4.71. The number of carboxylic acids is 1. The summed E-state index contributed by atoms with van der Waals surface area (Å²) in [7, 11) is 0. The van der Waals surface area contributed by atoms with Crippen molar-refractivity contribution in [1.29, 1.82) is 0 Å². The minimum absolute atomic E-state index is 0.0607. The maximum Gasteiger partial charge on any atom is 0.337 e. The lowest BCUT2D eigenvalue weighted by Crippen LogP contribution is -2.15. The zero-order chi connectivity index (χ0) is 17.1. The van der Waals surface area contributed by atoms with E-state index in [1.165, 1.54) is 5.38 Å². The molecule has 0 aliphatic carbocycles. The van der Waals surface area contributed by atoms with Crippen LogP contribution in [0.25, 0.3) is 10.2 Å². The van der Waals surface area contributed by atoms with Crippen molar-refractivity contribution in [3.8, 4) is 0 Å². The van der Waals surface area contributed by atoms with Gasteiger partial charge in [0.15, 0.2) is 5.16 Å². The molecule has 0 bridgehead atoms. The summed E-state index contributed by atoms with van der Waals surface area (Å²) in [5.74, 6) is -1.33. The van der Waals surface area contributed by atoms with E-state index in [9.17, 15) is 14.4 Å². The number of carboxylic acid groups (broad SMARTS) is 1. The molecule has 24 heavy (non-hydrogen) atoms. The number of hydrogen-bond donors (Lipinski definition) is 3. The van der Waals surface area contributed by atoms with E-state index < -0.39 is 11.5 Å². The van der Waals surface area contributed by atoms with E-state index >= 15 is 0 Å². The number of fused-ring (bicyclic) bond motifs is 1. The van der Waals surface area contributed by atoms with Gasteiger partial charge in [-0.3, -0.25) is 9.59 Å². The number of aromatic carboxylic acids is 1. The van der Waals surface area contributed by atoms with Gasteiger partial charge in [0.25, 0.3) is 5.56 Å². The van der Waals surface area contributed by atoms with Gasteiger partial charge in [0.2, 0.25) is 5.91 Å². The number of aromatic nitrogens is 2. The van der Waals surface area contributed by atoms with Crippen LogP contribution in [-0.4, -0.2) is 32.7 Å². The number of benzene rings is 1. The molecule has 3 aromatic rings. The highest BCUT2D eigenvalue weighted by Gasteiger charge is 2.16. The molecule has 1 aromatic carbocycles. The van der Waals surface area contributed by atoms with Crippen molar-refractivity contribution in [2.24, 2.45) is 0 Å². The summed E-state index contributed by atoms with van der Waals surface area (Å²) < 4.78 is 0. The smallest absolute Gasteiger partial charge is 0.337 e. The summed E-state index contributed by atoms with van der Waals surface area (Å²) in [6.07, 6.45) is 0. The molecule has 0 saturated heterocycles. The number of aromatic amines is 1. The van der Waals surface area contributed by atoms with Gasteiger partial charge in [-0.2, -0.15) is 0 Å². The lowest BCUT2D eigenvalue weighted by atomic mass is 10.2. The maximum atomic E-state index is 12.1. The first-order valence-electron chi connectivity index (χ1n) is 6.77. The zero-order valence-corrected chi connectivity index (χ0v) is 13.7. The highest BCUT2D eigenvalue weighted by atomic mass is 32.2. The number of para-hydroxylation sites is 1. The molecule has 0 saturated carbocycles. The Labute approximate surface area is 143 Å². The van der Waals surface area contributed by atoms with Crippen LogP contribution in [0.3, 0.4) is 0 Å². The van der Waals surface area contributed by atoms with E-state index in [0.717, 1.165) is 23.1 Å². The summed E-state index contributed by atoms with van der Waals surface area (Å²) in [6.45, 7) is 0. The predicted octanol–water partition coefficient (Wildman–Crippen LogP) is 2.41. The third kappa shape index (κ3) is 3.47. The Morgan fingerprint density at radius 3 is 2.75 bits per heavy atom. The van der Waals surface area contributed by atoms with Crippen LogP contribution in [0.2, 0.25) is 0 Å². The van der Waals surface area contributed by atoms with Crippen LogP contribution in [0, 0.1) is 0 Å². The fraction of sp³-hybridized carbons (Fsp3) is 0.0667. The van der Waals surface area contributed by atoms with Gasteiger partial charge in [0.1, 0.15) is 4.83 Å². The lowest BCUT2D eigenvalue weighted by molar-refractivity contribution is -0.113. The van der Waals surface area contributed by atoms with E-state index in [1.54, 1.807) is 12.1 Å². The summed E-state index contributed by atoms with van der Waals surface area (Å²) in [6, 6.07) is 9.02. The van der Waals surface area contributed by atoms with Crippen molar-refractivity contribution in [3.05, 3.63) is 51.6 Å². The van der Waals surface area contributed by atoms with Crippen molar-refractivity contribution in [2.75, 3.05) is 11.1 Å². The Morgan fingerprint density at radius 1 is 1.29 bits per heavy atom. The second kappa shape index (κ2) is 6.85. The summed E-state index contributed by atoms with van der Waals surface area (Å²) in [5, 5.41) is 13.5. The number of amides is 1. The van der Waals surface area contributed by atoms with E-state index in [4.69, 9.17) is 5.11 Å². The third-order valence-electron chi connectivity index (χ3n) is 3.05. The predicted molar refractivity (Wildman–Crippen MR) is 93.0 cm³/mol. The van der Waals surface area contributed by atoms with E-state index in [1.807, 2.05) is 18.2 Å². The fourth-order valence-electron chi connectivity index (χ4n) is 2.01. The Hall–Kier alpha value is -2.65. The van der Waals surface area contributed by atoms with Crippen LogP contribution >= 0.6 is 23.1 Å². The number of thiophene rings is 1. The SMILES string of the molecule is O=C(CSc1nc2scc(C(=O)O)c2c(=O)[nH]1)Nc1ccccc1. The Morgan fingerprint density at radius 2 is 2.04 bits per heavy atom. The molecule has 2 heterocycles. The number of hydrogen-bond acceptors (Lipinski definition) is 6. The molecule has 9 heteroatoms. The first-order valence-corrected chi connectivity index (χ1v) is 8.63. The van der Waals surface area contributed by atoms with E-state index in [0.29, 0.717) is 10.5 Å². The number of rotatable bonds is 5. The molecule has 0 fully saturated rings. The zero-order valence-electron chi connectivity index (χ0n) is 12.1. The number of nitrogens with zero attached hydrogens (tertiary/aromatic N) is 1. The number of nitrogens with one attached hydrogen (secondary N) is 2.